The molecule has 1 saturated carbocycles. The normalized spacial score (nSPS) is 14.6. The van der Waals surface area contributed by atoms with Crippen LogP contribution in [0.15, 0.2) is 58.3 Å². The molecule has 176 valence electrons. The highest BCUT2D eigenvalue weighted by atomic mass is 32.2. The molecule has 0 spiro atoms. The Hall–Kier alpha value is -2.58. The number of carbonyl (C=O) groups is 1. The van der Waals surface area contributed by atoms with Crippen molar-refractivity contribution in [2.45, 2.75) is 49.8 Å². The van der Waals surface area contributed by atoms with E-state index in [9.17, 15) is 4.79 Å². The molecule has 7 nitrogen and oxygen atoms in total. The van der Waals surface area contributed by atoms with Crippen molar-refractivity contribution < 1.29 is 9.21 Å². The SMILES string of the molecule is CN(CCN(C)C1CCCCC1)C(=O)CSc1nnc(-c2ccco2)n1Cc1ccccc1. The van der Waals surface area contributed by atoms with Crippen molar-refractivity contribution in [3.05, 3.63) is 54.3 Å². The number of hydrogen-bond acceptors (Lipinski definition) is 6. The number of likely N-dealkylation sites (N-methyl/N-ethyl adjacent to an activating group) is 2. The highest BCUT2D eigenvalue weighted by Gasteiger charge is 2.21. The van der Waals surface area contributed by atoms with Gasteiger partial charge >= 0.3 is 0 Å². The standard InChI is InChI=1S/C25H33N5O2S/c1-28(21-12-7-4-8-13-21)15-16-29(2)23(31)19-33-25-27-26-24(22-14-9-17-32-22)30(25)18-20-10-5-3-6-11-20/h3,5-6,9-11,14,17,21H,4,7-8,12-13,15-16,18-19H2,1-2H3. The van der Waals surface area contributed by atoms with Crippen LogP contribution in [-0.2, 0) is 11.3 Å². The van der Waals surface area contributed by atoms with Gasteiger partial charge in [-0.3, -0.25) is 9.36 Å². The van der Waals surface area contributed by atoms with Crippen LogP contribution in [0.1, 0.15) is 37.7 Å². The zero-order valence-corrected chi connectivity index (χ0v) is 20.3. The molecule has 2 heterocycles. The van der Waals surface area contributed by atoms with Gasteiger partial charge in [-0.1, -0.05) is 61.4 Å². The molecular formula is C25H33N5O2S. The summed E-state index contributed by atoms with van der Waals surface area (Å²) in [6.07, 6.45) is 8.19. The van der Waals surface area contributed by atoms with E-state index in [4.69, 9.17) is 4.42 Å². The van der Waals surface area contributed by atoms with Gasteiger partial charge in [-0.25, -0.2) is 0 Å². The largest absolute Gasteiger partial charge is 0.461 e. The molecule has 1 aromatic carbocycles. The summed E-state index contributed by atoms with van der Waals surface area (Å²) in [4.78, 5) is 17.1. The molecule has 0 bridgehead atoms. The molecular weight excluding hydrogens is 434 g/mol. The van der Waals surface area contributed by atoms with Crippen LogP contribution in [0.2, 0.25) is 0 Å². The zero-order chi connectivity index (χ0) is 23.0. The molecule has 0 atom stereocenters. The lowest BCUT2D eigenvalue weighted by atomic mass is 9.94. The van der Waals surface area contributed by atoms with Crippen molar-refractivity contribution in [3.8, 4) is 11.6 Å². The van der Waals surface area contributed by atoms with Crippen LogP contribution >= 0.6 is 11.8 Å². The molecule has 1 amide bonds. The number of nitrogens with zero attached hydrogens (tertiary/aromatic N) is 5. The zero-order valence-electron chi connectivity index (χ0n) is 19.5. The van der Waals surface area contributed by atoms with E-state index in [1.54, 1.807) is 6.26 Å². The lowest BCUT2D eigenvalue weighted by molar-refractivity contribution is -0.127. The summed E-state index contributed by atoms with van der Waals surface area (Å²) in [6, 6.07) is 14.6. The number of carbonyl (C=O) groups excluding carboxylic acids is 1. The minimum Gasteiger partial charge on any atom is -0.461 e. The number of hydrogen-bond donors (Lipinski definition) is 0. The van der Waals surface area contributed by atoms with Crippen molar-refractivity contribution >= 4 is 17.7 Å². The number of furan rings is 1. The summed E-state index contributed by atoms with van der Waals surface area (Å²) < 4.78 is 7.58. The van der Waals surface area contributed by atoms with E-state index >= 15 is 0 Å². The van der Waals surface area contributed by atoms with Crippen molar-refractivity contribution in [1.29, 1.82) is 0 Å². The van der Waals surface area contributed by atoms with Gasteiger partial charge < -0.3 is 14.2 Å². The van der Waals surface area contributed by atoms with Crippen LogP contribution < -0.4 is 0 Å². The van der Waals surface area contributed by atoms with Crippen molar-refractivity contribution in [1.82, 2.24) is 24.6 Å². The average molecular weight is 468 g/mol. The second-order valence-corrected chi connectivity index (χ2v) is 9.67. The Bertz CT molecular complexity index is 999. The van der Waals surface area contributed by atoms with Crippen LogP contribution in [0.25, 0.3) is 11.6 Å². The fraction of sp³-hybridized carbons (Fsp3) is 0.480. The van der Waals surface area contributed by atoms with E-state index in [0.717, 1.165) is 18.7 Å². The van der Waals surface area contributed by atoms with Gasteiger partial charge in [0.1, 0.15) is 0 Å². The molecule has 0 N–H and O–H groups in total. The maximum atomic E-state index is 12.8. The minimum absolute atomic E-state index is 0.103. The maximum absolute atomic E-state index is 12.8. The molecule has 1 fully saturated rings. The van der Waals surface area contributed by atoms with E-state index in [-0.39, 0.29) is 5.91 Å². The molecule has 1 aliphatic carbocycles. The molecule has 0 unspecified atom stereocenters. The molecule has 0 saturated heterocycles. The molecule has 1 aliphatic rings. The third-order valence-electron chi connectivity index (χ3n) is 6.38. The number of rotatable bonds is 10. The number of aromatic nitrogens is 3. The predicted octanol–water partition coefficient (Wildman–Crippen LogP) is 4.40. The van der Waals surface area contributed by atoms with Crippen LogP contribution in [0.3, 0.4) is 0 Å². The number of thioether (sulfide) groups is 1. The fourth-order valence-electron chi connectivity index (χ4n) is 4.27. The molecule has 2 aromatic heterocycles. The van der Waals surface area contributed by atoms with Crippen LogP contribution in [0.5, 0.6) is 0 Å². The van der Waals surface area contributed by atoms with Gasteiger partial charge in [0.25, 0.3) is 0 Å². The Labute approximate surface area is 200 Å². The predicted molar refractivity (Wildman–Crippen MR) is 131 cm³/mol. The van der Waals surface area contributed by atoms with Gasteiger partial charge in [-0.05, 0) is 37.6 Å². The Morgan fingerprint density at radius 1 is 1.06 bits per heavy atom. The molecule has 0 aliphatic heterocycles. The van der Waals surface area contributed by atoms with E-state index in [1.807, 2.05) is 46.8 Å². The maximum Gasteiger partial charge on any atom is 0.232 e. The number of benzene rings is 1. The van der Waals surface area contributed by atoms with Gasteiger partial charge in [0.05, 0.1) is 18.6 Å². The molecule has 4 rings (SSSR count). The molecule has 0 radical (unpaired) electrons. The first kappa shape index (κ1) is 23.6. The smallest absolute Gasteiger partial charge is 0.232 e. The van der Waals surface area contributed by atoms with E-state index in [1.165, 1.54) is 43.9 Å². The third-order valence-corrected chi connectivity index (χ3v) is 7.33. The molecule has 33 heavy (non-hydrogen) atoms. The van der Waals surface area contributed by atoms with E-state index in [0.29, 0.717) is 35.1 Å². The van der Waals surface area contributed by atoms with Crippen molar-refractivity contribution in [2.24, 2.45) is 0 Å². The van der Waals surface area contributed by atoms with Gasteiger partial charge in [-0.2, -0.15) is 0 Å². The molecule has 8 heteroatoms. The fourth-order valence-corrected chi connectivity index (χ4v) is 5.14. The summed E-state index contributed by atoms with van der Waals surface area (Å²) in [5, 5.41) is 9.44. The summed E-state index contributed by atoms with van der Waals surface area (Å²) >= 11 is 1.43. The topological polar surface area (TPSA) is 67.4 Å². The van der Waals surface area contributed by atoms with Gasteiger partial charge in [0.2, 0.25) is 11.7 Å². The van der Waals surface area contributed by atoms with Gasteiger partial charge in [-0.15, -0.1) is 10.2 Å². The van der Waals surface area contributed by atoms with Crippen LogP contribution in [0.4, 0.5) is 0 Å². The second-order valence-electron chi connectivity index (χ2n) is 8.73. The van der Waals surface area contributed by atoms with Crippen molar-refractivity contribution in [2.75, 3.05) is 32.9 Å². The Morgan fingerprint density at radius 3 is 2.58 bits per heavy atom. The Kier molecular flexibility index (Phi) is 8.23. The highest BCUT2D eigenvalue weighted by Crippen LogP contribution is 2.26. The first-order valence-electron chi connectivity index (χ1n) is 11.7. The Balaban J connectivity index is 1.36. The quantitative estimate of drug-likeness (QED) is 0.412. The number of amides is 1. The second kappa shape index (κ2) is 11.5. The summed E-state index contributed by atoms with van der Waals surface area (Å²) in [5.41, 5.74) is 1.14. The highest BCUT2D eigenvalue weighted by molar-refractivity contribution is 7.99. The van der Waals surface area contributed by atoms with Crippen molar-refractivity contribution in [3.63, 3.8) is 0 Å². The molecule has 3 aromatic rings. The monoisotopic (exact) mass is 467 g/mol. The lowest BCUT2D eigenvalue weighted by Crippen LogP contribution is -2.40. The first-order chi connectivity index (χ1) is 16.1. The lowest BCUT2D eigenvalue weighted by Gasteiger charge is -2.32. The van der Waals surface area contributed by atoms with Crippen LogP contribution in [-0.4, -0.2) is 69.5 Å². The van der Waals surface area contributed by atoms with Crippen LogP contribution in [0, 0.1) is 0 Å². The average Bonchev–Trinajstić information content (AvgIpc) is 3.52. The van der Waals surface area contributed by atoms with Gasteiger partial charge in [0.15, 0.2) is 10.9 Å². The third kappa shape index (κ3) is 6.26. The summed E-state index contributed by atoms with van der Waals surface area (Å²) in [5.74, 6) is 1.76. The van der Waals surface area contributed by atoms with Gasteiger partial charge in [0, 0.05) is 26.2 Å². The summed E-state index contributed by atoms with van der Waals surface area (Å²) in [6.45, 7) is 2.26. The van der Waals surface area contributed by atoms with E-state index in [2.05, 4.69) is 34.3 Å². The first-order valence-corrected chi connectivity index (χ1v) is 12.7. The van der Waals surface area contributed by atoms with E-state index < -0.39 is 0 Å². The summed E-state index contributed by atoms with van der Waals surface area (Å²) in [7, 11) is 4.08. The minimum atomic E-state index is 0.103. The Morgan fingerprint density at radius 2 is 1.85 bits per heavy atom.